The molecular formula is C31H22Cl2N2O4. The zero-order valence-electron chi connectivity index (χ0n) is 20.6. The lowest BCUT2D eigenvalue weighted by molar-refractivity contribution is -0.122. The van der Waals surface area contributed by atoms with Crippen LogP contribution >= 0.6 is 23.2 Å². The van der Waals surface area contributed by atoms with Crippen molar-refractivity contribution in [3.63, 3.8) is 0 Å². The van der Waals surface area contributed by atoms with E-state index in [0.29, 0.717) is 40.1 Å². The summed E-state index contributed by atoms with van der Waals surface area (Å²) in [7, 11) is 0. The molecule has 1 heterocycles. The van der Waals surface area contributed by atoms with Crippen molar-refractivity contribution in [3.8, 4) is 5.75 Å². The lowest BCUT2D eigenvalue weighted by Crippen LogP contribution is -2.54. The van der Waals surface area contributed by atoms with Crippen molar-refractivity contribution in [2.24, 2.45) is 0 Å². The topological polar surface area (TPSA) is 75.7 Å². The Balaban J connectivity index is 1.33. The number of anilines is 1. The number of barbiturate groups is 1. The number of urea groups is 1. The van der Waals surface area contributed by atoms with Crippen LogP contribution in [0, 0.1) is 0 Å². The summed E-state index contributed by atoms with van der Waals surface area (Å²) in [6.45, 7) is 0.379. The molecular weight excluding hydrogens is 535 g/mol. The third-order valence-corrected chi connectivity index (χ3v) is 6.89. The van der Waals surface area contributed by atoms with E-state index in [1.165, 1.54) is 6.08 Å². The van der Waals surface area contributed by atoms with Crippen LogP contribution in [-0.4, -0.2) is 17.8 Å². The van der Waals surface area contributed by atoms with Crippen LogP contribution < -0.4 is 15.0 Å². The van der Waals surface area contributed by atoms with Gasteiger partial charge in [-0.3, -0.25) is 14.9 Å². The van der Waals surface area contributed by atoms with E-state index in [9.17, 15) is 14.4 Å². The summed E-state index contributed by atoms with van der Waals surface area (Å²) >= 11 is 12.8. The highest BCUT2D eigenvalue weighted by Crippen LogP contribution is 2.28. The van der Waals surface area contributed by atoms with Gasteiger partial charge in [-0.15, -0.1) is 0 Å². The Labute approximate surface area is 235 Å². The van der Waals surface area contributed by atoms with Crippen LogP contribution in [-0.2, 0) is 22.6 Å². The molecule has 4 aromatic carbocycles. The summed E-state index contributed by atoms with van der Waals surface area (Å²) in [6, 6.07) is 28.1. The van der Waals surface area contributed by atoms with E-state index in [1.807, 2.05) is 60.7 Å². The molecule has 39 heavy (non-hydrogen) atoms. The molecule has 0 saturated carbocycles. The minimum Gasteiger partial charge on any atom is -0.489 e. The number of nitrogens with one attached hydrogen (secondary N) is 1. The number of hydrogen-bond acceptors (Lipinski definition) is 4. The average molecular weight is 557 g/mol. The number of halogens is 2. The van der Waals surface area contributed by atoms with Gasteiger partial charge in [-0.05, 0) is 64.7 Å². The maximum atomic E-state index is 13.3. The van der Waals surface area contributed by atoms with Crippen molar-refractivity contribution in [1.29, 1.82) is 0 Å². The van der Waals surface area contributed by atoms with Gasteiger partial charge >= 0.3 is 6.03 Å². The maximum absolute atomic E-state index is 13.3. The van der Waals surface area contributed by atoms with Crippen LogP contribution in [0.1, 0.15) is 22.3 Å². The molecule has 0 aromatic heterocycles. The maximum Gasteiger partial charge on any atom is 0.335 e. The van der Waals surface area contributed by atoms with Crippen LogP contribution in [0.25, 0.3) is 6.08 Å². The molecule has 5 rings (SSSR count). The first-order valence-electron chi connectivity index (χ1n) is 12.1. The zero-order valence-corrected chi connectivity index (χ0v) is 22.1. The molecule has 194 valence electrons. The quantitative estimate of drug-likeness (QED) is 0.200. The molecule has 0 spiro atoms. The van der Waals surface area contributed by atoms with E-state index in [-0.39, 0.29) is 5.57 Å². The fourth-order valence-electron chi connectivity index (χ4n) is 4.13. The van der Waals surface area contributed by atoms with E-state index in [1.54, 1.807) is 36.4 Å². The largest absolute Gasteiger partial charge is 0.489 e. The van der Waals surface area contributed by atoms with Crippen LogP contribution in [0.2, 0.25) is 10.0 Å². The monoisotopic (exact) mass is 556 g/mol. The van der Waals surface area contributed by atoms with Crippen molar-refractivity contribution < 1.29 is 19.1 Å². The molecule has 1 N–H and O–H groups in total. The number of amides is 4. The second kappa shape index (κ2) is 11.6. The first-order valence-corrected chi connectivity index (χ1v) is 12.8. The number of imide groups is 2. The minimum atomic E-state index is -0.826. The van der Waals surface area contributed by atoms with Gasteiger partial charge in [-0.25, -0.2) is 9.69 Å². The van der Waals surface area contributed by atoms with Gasteiger partial charge in [0.15, 0.2) is 0 Å². The Bertz CT molecular complexity index is 1580. The van der Waals surface area contributed by atoms with E-state index >= 15 is 0 Å². The summed E-state index contributed by atoms with van der Waals surface area (Å²) in [5, 5.41) is 3.34. The van der Waals surface area contributed by atoms with Crippen molar-refractivity contribution in [1.82, 2.24) is 5.32 Å². The van der Waals surface area contributed by atoms with Gasteiger partial charge in [-0.1, -0.05) is 83.9 Å². The second-order valence-electron chi connectivity index (χ2n) is 8.85. The van der Waals surface area contributed by atoms with Gasteiger partial charge in [0, 0.05) is 16.5 Å². The number of carbonyl (C=O) groups is 3. The van der Waals surface area contributed by atoms with E-state index in [0.717, 1.165) is 21.6 Å². The van der Waals surface area contributed by atoms with Gasteiger partial charge in [0.05, 0.1) is 5.69 Å². The Kier molecular flexibility index (Phi) is 7.77. The summed E-state index contributed by atoms with van der Waals surface area (Å²) in [5.74, 6) is -0.941. The molecule has 0 aliphatic carbocycles. The molecule has 1 fully saturated rings. The average Bonchev–Trinajstić information content (AvgIpc) is 2.93. The summed E-state index contributed by atoms with van der Waals surface area (Å²) in [5.41, 5.74) is 3.44. The zero-order chi connectivity index (χ0) is 27.4. The highest BCUT2D eigenvalue weighted by molar-refractivity contribution is 6.39. The van der Waals surface area contributed by atoms with E-state index < -0.39 is 17.8 Å². The first kappa shape index (κ1) is 26.2. The first-order chi connectivity index (χ1) is 18.9. The molecule has 6 nitrogen and oxygen atoms in total. The Morgan fingerprint density at radius 1 is 0.769 bits per heavy atom. The SMILES string of the molecule is O=C1NC(=O)N(c2ccc(OCc3ccccc3)cc2)C(=O)/C1=C/c1ccc(Cc2ccccc2Cl)c(Cl)c1. The van der Waals surface area contributed by atoms with Gasteiger partial charge < -0.3 is 4.74 Å². The summed E-state index contributed by atoms with van der Waals surface area (Å²) in [6.07, 6.45) is 1.95. The third-order valence-electron chi connectivity index (χ3n) is 6.17. The van der Waals surface area contributed by atoms with Gasteiger partial charge in [-0.2, -0.15) is 0 Å². The van der Waals surface area contributed by atoms with E-state index in [4.69, 9.17) is 27.9 Å². The smallest absolute Gasteiger partial charge is 0.335 e. The highest BCUT2D eigenvalue weighted by atomic mass is 35.5. The molecule has 4 amide bonds. The lowest BCUT2D eigenvalue weighted by Gasteiger charge is -2.26. The molecule has 8 heteroatoms. The molecule has 0 atom stereocenters. The molecule has 0 bridgehead atoms. The van der Waals surface area contributed by atoms with Crippen LogP contribution in [0.4, 0.5) is 10.5 Å². The molecule has 1 aliphatic heterocycles. The fraction of sp³-hybridized carbons (Fsp3) is 0.0645. The summed E-state index contributed by atoms with van der Waals surface area (Å²) in [4.78, 5) is 39.4. The highest BCUT2D eigenvalue weighted by Gasteiger charge is 2.36. The predicted octanol–water partition coefficient (Wildman–Crippen LogP) is 6.83. The van der Waals surface area contributed by atoms with Crippen molar-refractivity contribution in [2.75, 3.05) is 4.90 Å². The fourth-order valence-corrected chi connectivity index (χ4v) is 4.59. The van der Waals surface area contributed by atoms with Crippen molar-refractivity contribution in [2.45, 2.75) is 13.0 Å². The van der Waals surface area contributed by atoms with Crippen molar-refractivity contribution in [3.05, 3.63) is 135 Å². The Morgan fingerprint density at radius 2 is 1.46 bits per heavy atom. The Hall–Kier alpha value is -4.39. The number of carbonyl (C=O) groups excluding carboxylic acids is 3. The lowest BCUT2D eigenvalue weighted by atomic mass is 10.0. The third kappa shape index (κ3) is 6.03. The normalized spacial score (nSPS) is 14.5. The Morgan fingerprint density at radius 3 is 2.18 bits per heavy atom. The summed E-state index contributed by atoms with van der Waals surface area (Å²) < 4.78 is 5.78. The number of ether oxygens (including phenoxy) is 1. The van der Waals surface area contributed by atoms with Gasteiger partial charge in [0.1, 0.15) is 17.9 Å². The van der Waals surface area contributed by atoms with Crippen LogP contribution in [0.5, 0.6) is 5.75 Å². The van der Waals surface area contributed by atoms with Crippen LogP contribution in [0.3, 0.4) is 0 Å². The molecule has 0 unspecified atom stereocenters. The second-order valence-corrected chi connectivity index (χ2v) is 9.66. The molecule has 1 aliphatic rings. The number of rotatable bonds is 7. The predicted molar refractivity (Wildman–Crippen MR) is 152 cm³/mol. The molecule has 0 radical (unpaired) electrons. The number of hydrogen-bond donors (Lipinski definition) is 1. The molecule has 4 aromatic rings. The number of nitrogens with zero attached hydrogens (tertiary/aromatic N) is 1. The minimum absolute atomic E-state index is 0.186. The standard InChI is InChI=1S/C31H22Cl2N2O4/c32-27-9-5-4-8-22(27)18-23-11-10-21(17-28(23)33)16-26-29(36)34-31(38)35(30(26)37)24-12-14-25(15-13-24)39-19-20-6-2-1-3-7-20/h1-17H,18-19H2,(H,34,36,38)/b26-16+. The van der Waals surface area contributed by atoms with Gasteiger partial charge in [0.25, 0.3) is 11.8 Å². The molecule has 1 saturated heterocycles. The number of benzene rings is 4. The van der Waals surface area contributed by atoms with Gasteiger partial charge in [0.2, 0.25) is 0 Å². The van der Waals surface area contributed by atoms with Crippen molar-refractivity contribution >= 4 is 52.8 Å². The van der Waals surface area contributed by atoms with E-state index in [2.05, 4.69) is 5.32 Å². The van der Waals surface area contributed by atoms with Crippen LogP contribution in [0.15, 0.2) is 103 Å².